The van der Waals surface area contributed by atoms with Crippen molar-refractivity contribution in [1.29, 1.82) is 5.26 Å². The Morgan fingerprint density at radius 2 is 2.29 bits per heavy atom. The van der Waals surface area contributed by atoms with Gasteiger partial charge in [-0.2, -0.15) is 5.26 Å². The van der Waals surface area contributed by atoms with Gasteiger partial charge in [-0.3, -0.25) is 0 Å². The molecule has 0 bridgehead atoms. The molecular weight excluding hydrogens is 178 g/mol. The van der Waals surface area contributed by atoms with Gasteiger partial charge in [-0.1, -0.05) is 12.0 Å². The Balaban J connectivity index is 3.09. The van der Waals surface area contributed by atoms with Crippen LogP contribution < -0.4 is 4.74 Å². The molecule has 70 valence electrons. The normalized spacial score (nSPS) is 8.36. The van der Waals surface area contributed by atoms with Crippen molar-refractivity contribution in [2.45, 2.75) is 6.61 Å². The van der Waals surface area contributed by atoms with Crippen LogP contribution in [0.15, 0.2) is 18.2 Å². The SMILES string of the molecule is COc1cc(C#CC#N)ccc1CO. The zero-order valence-corrected chi connectivity index (χ0v) is 7.74. The third kappa shape index (κ3) is 2.26. The average molecular weight is 187 g/mol. The molecule has 0 radical (unpaired) electrons. The van der Waals surface area contributed by atoms with E-state index in [-0.39, 0.29) is 6.61 Å². The Labute approximate surface area is 82.6 Å². The van der Waals surface area contributed by atoms with Gasteiger partial charge in [-0.05, 0) is 12.1 Å². The number of nitriles is 1. The number of benzene rings is 1. The maximum Gasteiger partial charge on any atom is 0.152 e. The molecule has 0 fully saturated rings. The number of hydrogen-bond acceptors (Lipinski definition) is 3. The molecule has 0 aliphatic heterocycles. The van der Waals surface area contributed by atoms with Crippen LogP contribution in [0.5, 0.6) is 5.75 Å². The fraction of sp³-hybridized carbons (Fsp3) is 0.182. The highest BCUT2D eigenvalue weighted by molar-refractivity contribution is 5.45. The van der Waals surface area contributed by atoms with Gasteiger partial charge in [0.05, 0.1) is 13.7 Å². The van der Waals surface area contributed by atoms with Crippen molar-refractivity contribution < 1.29 is 9.84 Å². The van der Waals surface area contributed by atoms with Crippen LogP contribution in [-0.2, 0) is 6.61 Å². The summed E-state index contributed by atoms with van der Waals surface area (Å²) in [7, 11) is 1.52. The Kier molecular flexibility index (Phi) is 3.55. The molecule has 1 N–H and O–H groups in total. The van der Waals surface area contributed by atoms with Crippen molar-refractivity contribution in [3.05, 3.63) is 29.3 Å². The fourth-order valence-electron chi connectivity index (χ4n) is 1.05. The highest BCUT2D eigenvalue weighted by Crippen LogP contribution is 2.19. The fourth-order valence-corrected chi connectivity index (χ4v) is 1.05. The van der Waals surface area contributed by atoms with E-state index in [0.717, 1.165) is 0 Å². The Bertz CT molecular complexity index is 421. The summed E-state index contributed by atoms with van der Waals surface area (Å²) < 4.78 is 5.05. The van der Waals surface area contributed by atoms with Crippen molar-refractivity contribution >= 4 is 0 Å². The van der Waals surface area contributed by atoms with Crippen LogP contribution in [0, 0.1) is 23.2 Å². The minimum atomic E-state index is -0.0743. The van der Waals surface area contributed by atoms with Gasteiger partial charge in [0.15, 0.2) is 6.07 Å². The van der Waals surface area contributed by atoms with Crippen LogP contribution in [-0.4, -0.2) is 12.2 Å². The molecule has 0 spiro atoms. The number of aliphatic hydroxyl groups excluding tert-OH is 1. The van der Waals surface area contributed by atoms with Gasteiger partial charge in [0, 0.05) is 17.0 Å². The maximum absolute atomic E-state index is 8.95. The van der Waals surface area contributed by atoms with Crippen molar-refractivity contribution in [1.82, 2.24) is 0 Å². The number of hydrogen-bond donors (Lipinski definition) is 1. The summed E-state index contributed by atoms with van der Waals surface area (Å²) in [5, 5.41) is 17.2. The largest absolute Gasteiger partial charge is 0.496 e. The lowest BCUT2D eigenvalue weighted by Crippen LogP contribution is -1.92. The minimum absolute atomic E-state index is 0.0743. The first-order valence-corrected chi connectivity index (χ1v) is 3.99. The summed E-state index contributed by atoms with van der Waals surface area (Å²) in [4.78, 5) is 0. The van der Waals surface area contributed by atoms with E-state index in [1.807, 2.05) is 0 Å². The summed E-state index contributed by atoms with van der Waals surface area (Å²) in [5.74, 6) is 5.52. The van der Waals surface area contributed by atoms with E-state index in [0.29, 0.717) is 16.9 Å². The first-order valence-electron chi connectivity index (χ1n) is 3.99. The standard InChI is InChI=1S/C11H9NO2/c1-14-11-7-9(3-2-6-12)4-5-10(11)8-13/h4-5,7,13H,8H2,1H3. The summed E-state index contributed by atoms with van der Waals surface area (Å²) in [6.45, 7) is -0.0743. The molecule has 1 rings (SSSR count). The van der Waals surface area contributed by atoms with Crippen molar-refractivity contribution in [2.24, 2.45) is 0 Å². The van der Waals surface area contributed by atoms with Crippen LogP contribution in [0.2, 0.25) is 0 Å². The van der Waals surface area contributed by atoms with E-state index in [2.05, 4.69) is 11.8 Å². The van der Waals surface area contributed by atoms with Crippen LogP contribution >= 0.6 is 0 Å². The lowest BCUT2D eigenvalue weighted by atomic mass is 10.1. The first-order chi connectivity index (χ1) is 6.81. The summed E-state index contributed by atoms with van der Waals surface area (Å²) in [6, 6.07) is 6.88. The quantitative estimate of drug-likeness (QED) is 0.704. The highest BCUT2D eigenvalue weighted by atomic mass is 16.5. The first kappa shape index (κ1) is 10.1. The van der Waals surface area contributed by atoms with Gasteiger partial charge in [-0.25, -0.2) is 0 Å². The summed E-state index contributed by atoms with van der Waals surface area (Å²) >= 11 is 0. The van der Waals surface area contributed by atoms with Gasteiger partial charge in [0.2, 0.25) is 0 Å². The summed E-state index contributed by atoms with van der Waals surface area (Å²) in [6.07, 6.45) is 0. The Hall–Kier alpha value is -1.97. The molecule has 0 aliphatic rings. The van der Waals surface area contributed by atoms with Gasteiger partial charge in [0.25, 0.3) is 0 Å². The van der Waals surface area contributed by atoms with Crippen molar-refractivity contribution in [3.63, 3.8) is 0 Å². The van der Waals surface area contributed by atoms with Gasteiger partial charge in [-0.15, -0.1) is 0 Å². The second-order valence-corrected chi connectivity index (χ2v) is 2.55. The Morgan fingerprint density at radius 3 is 2.86 bits per heavy atom. The third-order valence-corrected chi connectivity index (χ3v) is 1.72. The molecule has 0 atom stereocenters. The number of nitrogens with zero attached hydrogens (tertiary/aromatic N) is 1. The van der Waals surface area contributed by atoms with Crippen molar-refractivity contribution in [3.8, 4) is 23.7 Å². The van der Waals surface area contributed by atoms with E-state index in [1.54, 1.807) is 24.3 Å². The van der Waals surface area contributed by atoms with Crippen LogP contribution in [0.4, 0.5) is 0 Å². The molecular formula is C11H9NO2. The monoisotopic (exact) mass is 187 g/mol. The zero-order valence-electron chi connectivity index (χ0n) is 7.74. The minimum Gasteiger partial charge on any atom is -0.496 e. The van der Waals surface area contributed by atoms with E-state index < -0.39 is 0 Å². The third-order valence-electron chi connectivity index (χ3n) is 1.72. The topological polar surface area (TPSA) is 53.2 Å². The van der Waals surface area contributed by atoms with Gasteiger partial charge in [0.1, 0.15) is 5.75 Å². The van der Waals surface area contributed by atoms with Gasteiger partial charge < -0.3 is 9.84 Å². The second kappa shape index (κ2) is 4.91. The van der Waals surface area contributed by atoms with Gasteiger partial charge >= 0.3 is 0 Å². The molecule has 0 aromatic heterocycles. The predicted octanol–water partition coefficient (Wildman–Crippen LogP) is 1.06. The summed E-state index contributed by atoms with van der Waals surface area (Å²) in [5.41, 5.74) is 1.40. The van der Waals surface area contributed by atoms with Crippen LogP contribution in [0.1, 0.15) is 11.1 Å². The molecule has 0 saturated heterocycles. The highest BCUT2D eigenvalue weighted by Gasteiger charge is 2.01. The van der Waals surface area contributed by atoms with Crippen LogP contribution in [0.3, 0.4) is 0 Å². The number of rotatable bonds is 2. The zero-order chi connectivity index (χ0) is 10.4. The molecule has 0 unspecified atom stereocenters. The Morgan fingerprint density at radius 1 is 1.50 bits per heavy atom. The van der Waals surface area contributed by atoms with E-state index >= 15 is 0 Å². The number of methoxy groups -OCH3 is 1. The molecule has 0 saturated carbocycles. The molecule has 1 aromatic rings. The smallest absolute Gasteiger partial charge is 0.152 e. The molecule has 1 aromatic carbocycles. The molecule has 3 nitrogen and oxygen atoms in total. The average Bonchev–Trinajstić information content (AvgIpc) is 2.25. The molecule has 0 heterocycles. The number of ether oxygens (including phenoxy) is 1. The molecule has 0 aliphatic carbocycles. The van der Waals surface area contributed by atoms with Crippen molar-refractivity contribution in [2.75, 3.05) is 7.11 Å². The van der Waals surface area contributed by atoms with E-state index in [1.165, 1.54) is 7.11 Å². The second-order valence-electron chi connectivity index (χ2n) is 2.55. The molecule has 0 amide bonds. The lowest BCUT2D eigenvalue weighted by molar-refractivity contribution is 0.274. The predicted molar refractivity (Wildman–Crippen MR) is 51.4 cm³/mol. The van der Waals surface area contributed by atoms with Crippen LogP contribution in [0.25, 0.3) is 0 Å². The molecule has 3 heteroatoms. The molecule has 14 heavy (non-hydrogen) atoms. The van der Waals surface area contributed by atoms with E-state index in [4.69, 9.17) is 15.1 Å². The maximum atomic E-state index is 8.95. The lowest BCUT2D eigenvalue weighted by Gasteiger charge is -2.05. The number of aliphatic hydroxyl groups is 1. The van der Waals surface area contributed by atoms with E-state index in [9.17, 15) is 0 Å².